The second kappa shape index (κ2) is 11.0. The van der Waals surface area contributed by atoms with E-state index in [1.54, 1.807) is 7.05 Å². The summed E-state index contributed by atoms with van der Waals surface area (Å²) in [4.78, 5) is 6.73. The first-order valence-electron chi connectivity index (χ1n) is 9.06. The number of nitrogens with one attached hydrogen (secondary N) is 2. The van der Waals surface area contributed by atoms with E-state index in [9.17, 15) is 0 Å². The number of aliphatic imine (C=N–C) groups is 1. The van der Waals surface area contributed by atoms with E-state index >= 15 is 0 Å². The zero-order valence-corrected chi connectivity index (χ0v) is 15.1. The van der Waals surface area contributed by atoms with Crippen LogP contribution in [-0.2, 0) is 11.3 Å². The Kier molecular flexibility index (Phi) is 8.63. The molecule has 1 aliphatic rings. The van der Waals surface area contributed by atoms with E-state index in [0.29, 0.717) is 13.2 Å². The first kappa shape index (κ1) is 18.7. The Bertz CT molecular complexity index is 472. The summed E-state index contributed by atoms with van der Waals surface area (Å²) in [7, 11) is 4.03. The zero-order valence-electron chi connectivity index (χ0n) is 15.1. The van der Waals surface area contributed by atoms with Crippen LogP contribution in [0.4, 0.5) is 0 Å². The standard InChI is InChI=1S/C19H32N4O/c1-20-19(21-12-14-23(2)18-10-6-7-11-18)22-13-15-24-16-17-8-4-3-5-9-17/h3-5,8-9,18H,6-7,10-16H2,1-2H3,(H2,20,21,22). The molecule has 0 saturated heterocycles. The normalized spacial score (nSPS) is 15.9. The maximum atomic E-state index is 5.67. The Morgan fingerprint density at radius 2 is 1.88 bits per heavy atom. The molecule has 0 heterocycles. The molecule has 1 aromatic carbocycles. The highest BCUT2D eigenvalue weighted by Crippen LogP contribution is 2.21. The van der Waals surface area contributed by atoms with Crippen molar-refractivity contribution in [2.75, 3.05) is 40.3 Å². The molecule has 1 aliphatic carbocycles. The number of ether oxygens (including phenoxy) is 1. The topological polar surface area (TPSA) is 48.9 Å². The number of likely N-dealkylation sites (N-methyl/N-ethyl adjacent to an activating group) is 1. The van der Waals surface area contributed by atoms with Gasteiger partial charge in [0.05, 0.1) is 13.2 Å². The number of guanidine groups is 1. The first-order valence-corrected chi connectivity index (χ1v) is 9.06. The predicted molar refractivity (Wildman–Crippen MR) is 100 cm³/mol. The maximum Gasteiger partial charge on any atom is 0.191 e. The molecule has 1 fully saturated rings. The minimum Gasteiger partial charge on any atom is -0.375 e. The van der Waals surface area contributed by atoms with E-state index in [4.69, 9.17) is 4.74 Å². The molecule has 0 unspecified atom stereocenters. The summed E-state index contributed by atoms with van der Waals surface area (Å²) in [6.45, 7) is 4.04. The summed E-state index contributed by atoms with van der Waals surface area (Å²) >= 11 is 0. The van der Waals surface area contributed by atoms with Crippen LogP contribution >= 0.6 is 0 Å². The second-order valence-electron chi connectivity index (χ2n) is 6.38. The molecule has 0 aromatic heterocycles. The fraction of sp³-hybridized carbons (Fsp3) is 0.632. The van der Waals surface area contributed by atoms with E-state index in [-0.39, 0.29) is 0 Å². The lowest BCUT2D eigenvalue weighted by atomic mass is 10.2. The van der Waals surface area contributed by atoms with Crippen LogP contribution in [-0.4, -0.2) is 57.2 Å². The van der Waals surface area contributed by atoms with Gasteiger partial charge in [0.25, 0.3) is 0 Å². The molecule has 0 radical (unpaired) electrons. The molecule has 0 atom stereocenters. The Morgan fingerprint density at radius 1 is 1.17 bits per heavy atom. The quantitative estimate of drug-likeness (QED) is 0.414. The van der Waals surface area contributed by atoms with Crippen LogP contribution < -0.4 is 10.6 Å². The average molecular weight is 332 g/mol. The third-order valence-corrected chi connectivity index (χ3v) is 4.58. The van der Waals surface area contributed by atoms with Crippen molar-refractivity contribution >= 4 is 5.96 Å². The van der Waals surface area contributed by atoms with Crippen molar-refractivity contribution in [1.29, 1.82) is 0 Å². The largest absolute Gasteiger partial charge is 0.375 e. The van der Waals surface area contributed by atoms with Crippen molar-refractivity contribution in [3.63, 3.8) is 0 Å². The third-order valence-electron chi connectivity index (χ3n) is 4.58. The number of hydrogen-bond donors (Lipinski definition) is 2. The summed E-state index contributed by atoms with van der Waals surface area (Å²) in [5.41, 5.74) is 1.20. The van der Waals surface area contributed by atoms with Crippen molar-refractivity contribution in [1.82, 2.24) is 15.5 Å². The molecule has 0 bridgehead atoms. The van der Waals surface area contributed by atoms with E-state index < -0.39 is 0 Å². The molecule has 134 valence electrons. The Labute approximate surface area is 146 Å². The van der Waals surface area contributed by atoms with Crippen molar-refractivity contribution in [2.45, 2.75) is 38.3 Å². The van der Waals surface area contributed by atoms with Crippen LogP contribution in [0.1, 0.15) is 31.2 Å². The highest BCUT2D eigenvalue weighted by molar-refractivity contribution is 5.79. The monoisotopic (exact) mass is 332 g/mol. The summed E-state index contributed by atoms with van der Waals surface area (Å²) in [6, 6.07) is 11.0. The third kappa shape index (κ3) is 6.89. The fourth-order valence-corrected chi connectivity index (χ4v) is 3.10. The highest BCUT2D eigenvalue weighted by atomic mass is 16.5. The van der Waals surface area contributed by atoms with Gasteiger partial charge in [0.15, 0.2) is 5.96 Å². The van der Waals surface area contributed by atoms with Gasteiger partial charge in [0.1, 0.15) is 0 Å². The average Bonchev–Trinajstić information content (AvgIpc) is 3.15. The van der Waals surface area contributed by atoms with Gasteiger partial charge in [-0.15, -0.1) is 0 Å². The van der Waals surface area contributed by atoms with Gasteiger partial charge < -0.3 is 20.3 Å². The maximum absolute atomic E-state index is 5.67. The Hall–Kier alpha value is -1.59. The summed E-state index contributed by atoms with van der Waals surface area (Å²) in [6.07, 6.45) is 5.47. The highest BCUT2D eigenvalue weighted by Gasteiger charge is 2.18. The van der Waals surface area contributed by atoms with Crippen LogP contribution in [0.2, 0.25) is 0 Å². The van der Waals surface area contributed by atoms with Crippen molar-refractivity contribution < 1.29 is 4.74 Å². The van der Waals surface area contributed by atoms with E-state index in [0.717, 1.165) is 31.6 Å². The van der Waals surface area contributed by atoms with Crippen LogP contribution in [0.25, 0.3) is 0 Å². The van der Waals surface area contributed by atoms with Crippen LogP contribution in [0, 0.1) is 0 Å². The number of nitrogens with zero attached hydrogens (tertiary/aromatic N) is 2. The van der Waals surface area contributed by atoms with Crippen molar-refractivity contribution in [3.05, 3.63) is 35.9 Å². The molecule has 5 heteroatoms. The van der Waals surface area contributed by atoms with Gasteiger partial charge in [0, 0.05) is 32.7 Å². The minimum absolute atomic E-state index is 0.654. The molecule has 5 nitrogen and oxygen atoms in total. The smallest absolute Gasteiger partial charge is 0.191 e. The zero-order chi connectivity index (χ0) is 17.0. The van der Waals surface area contributed by atoms with Gasteiger partial charge >= 0.3 is 0 Å². The van der Waals surface area contributed by atoms with E-state index in [1.165, 1.54) is 31.2 Å². The summed E-state index contributed by atoms with van der Waals surface area (Å²) < 4.78 is 5.67. The van der Waals surface area contributed by atoms with Crippen molar-refractivity contribution in [3.8, 4) is 0 Å². The SMILES string of the molecule is CN=C(NCCOCc1ccccc1)NCCN(C)C1CCCC1. The lowest BCUT2D eigenvalue weighted by molar-refractivity contribution is 0.125. The predicted octanol–water partition coefficient (Wildman–Crippen LogP) is 2.24. The number of rotatable bonds is 9. The van der Waals surface area contributed by atoms with Crippen LogP contribution in [0.5, 0.6) is 0 Å². The van der Waals surface area contributed by atoms with Crippen molar-refractivity contribution in [2.24, 2.45) is 4.99 Å². The summed E-state index contributed by atoms with van der Waals surface area (Å²) in [5, 5.41) is 6.67. The van der Waals surface area contributed by atoms with Gasteiger partial charge in [-0.1, -0.05) is 43.2 Å². The fourth-order valence-electron chi connectivity index (χ4n) is 3.10. The minimum atomic E-state index is 0.654. The molecule has 0 amide bonds. The molecule has 1 aromatic rings. The van der Waals surface area contributed by atoms with E-state index in [2.05, 4.69) is 39.7 Å². The number of benzene rings is 1. The van der Waals surface area contributed by atoms with Crippen LogP contribution in [0.15, 0.2) is 35.3 Å². The number of hydrogen-bond acceptors (Lipinski definition) is 3. The Balaban J connectivity index is 1.52. The molecule has 0 spiro atoms. The molecule has 0 aliphatic heterocycles. The van der Waals surface area contributed by atoms with Gasteiger partial charge in [-0.05, 0) is 25.5 Å². The molecule has 1 saturated carbocycles. The van der Waals surface area contributed by atoms with Gasteiger partial charge in [-0.2, -0.15) is 0 Å². The second-order valence-corrected chi connectivity index (χ2v) is 6.38. The van der Waals surface area contributed by atoms with E-state index in [1.807, 2.05) is 18.2 Å². The Morgan fingerprint density at radius 3 is 2.58 bits per heavy atom. The first-order chi connectivity index (χ1) is 11.8. The molecule has 2 rings (SSSR count). The lowest BCUT2D eigenvalue weighted by Crippen LogP contribution is -2.43. The van der Waals surface area contributed by atoms with Gasteiger partial charge in [-0.3, -0.25) is 4.99 Å². The van der Waals surface area contributed by atoms with Gasteiger partial charge in [0.2, 0.25) is 0 Å². The lowest BCUT2D eigenvalue weighted by Gasteiger charge is -2.24. The summed E-state index contributed by atoms with van der Waals surface area (Å²) in [5.74, 6) is 0.845. The van der Waals surface area contributed by atoms with Gasteiger partial charge in [-0.25, -0.2) is 0 Å². The molecule has 24 heavy (non-hydrogen) atoms. The molecular weight excluding hydrogens is 300 g/mol. The molecular formula is C19H32N4O. The van der Waals surface area contributed by atoms with Crippen LogP contribution in [0.3, 0.4) is 0 Å². The molecule has 2 N–H and O–H groups in total.